The SMILES string of the molecule is CCN(CCN(NC)C(=O)OC(C)(C)C)c1ccc(C=O)cc1. The lowest BCUT2D eigenvalue weighted by atomic mass is 10.2. The van der Waals surface area contributed by atoms with E-state index in [1.54, 1.807) is 19.2 Å². The van der Waals surface area contributed by atoms with E-state index in [-0.39, 0.29) is 0 Å². The number of ether oxygens (including phenoxy) is 1. The van der Waals surface area contributed by atoms with Crippen molar-refractivity contribution in [2.24, 2.45) is 0 Å². The zero-order valence-corrected chi connectivity index (χ0v) is 14.6. The summed E-state index contributed by atoms with van der Waals surface area (Å²) in [7, 11) is 1.69. The lowest BCUT2D eigenvalue weighted by Gasteiger charge is -2.29. The lowest BCUT2D eigenvalue weighted by molar-refractivity contribution is 0.0167. The number of nitrogens with zero attached hydrogens (tertiary/aromatic N) is 2. The molecule has 1 amide bonds. The molecule has 0 bridgehead atoms. The number of hydrazine groups is 1. The Hall–Kier alpha value is -2.08. The molecule has 1 rings (SSSR count). The molecular formula is C17H27N3O3. The number of amides is 1. The van der Waals surface area contributed by atoms with Crippen molar-refractivity contribution >= 4 is 18.1 Å². The van der Waals surface area contributed by atoms with Gasteiger partial charge < -0.3 is 9.64 Å². The minimum atomic E-state index is -0.527. The maximum atomic E-state index is 12.1. The Labute approximate surface area is 138 Å². The molecule has 1 aromatic rings. The highest BCUT2D eigenvalue weighted by molar-refractivity contribution is 5.75. The number of nitrogens with one attached hydrogen (secondary N) is 1. The third-order valence-electron chi connectivity index (χ3n) is 3.25. The van der Waals surface area contributed by atoms with Crippen molar-refractivity contribution < 1.29 is 14.3 Å². The molecule has 6 heteroatoms. The van der Waals surface area contributed by atoms with Crippen LogP contribution in [0.5, 0.6) is 0 Å². The summed E-state index contributed by atoms with van der Waals surface area (Å²) in [5.74, 6) is 0. The third-order valence-corrected chi connectivity index (χ3v) is 3.25. The average molecular weight is 321 g/mol. The Morgan fingerprint density at radius 3 is 2.26 bits per heavy atom. The molecule has 0 radical (unpaired) electrons. The second-order valence-electron chi connectivity index (χ2n) is 6.14. The summed E-state index contributed by atoms with van der Waals surface area (Å²) >= 11 is 0. The zero-order chi connectivity index (χ0) is 17.5. The van der Waals surface area contributed by atoms with E-state index in [4.69, 9.17) is 4.74 Å². The van der Waals surface area contributed by atoms with E-state index in [0.29, 0.717) is 18.7 Å². The third kappa shape index (κ3) is 6.28. The standard InChI is InChI=1S/C17H27N3O3/c1-6-19(15-9-7-14(13-21)8-10-15)11-12-20(18-5)16(22)23-17(2,3)4/h7-10,13,18H,6,11-12H2,1-5H3. The number of carbonyl (C=O) groups is 2. The number of hydrogen-bond acceptors (Lipinski definition) is 5. The molecule has 0 saturated heterocycles. The van der Waals surface area contributed by atoms with Gasteiger partial charge in [0.25, 0.3) is 0 Å². The quantitative estimate of drug-likeness (QED) is 0.618. The molecule has 1 aromatic carbocycles. The van der Waals surface area contributed by atoms with Crippen LogP contribution in [0.4, 0.5) is 10.5 Å². The summed E-state index contributed by atoms with van der Waals surface area (Å²) in [6, 6.07) is 7.39. The summed E-state index contributed by atoms with van der Waals surface area (Å²) < 4.78 is 5.36. The molecule has 0 aliphatic heterocycles. The summed E-state index contributed by atoms with van der Waals surface area (Å²) in [5, 5.41) is 1.45. The topological polar surface area (TPSA) is 61.9 Å². The molecule has 0 aromatic heterocycles. The van der Waals surface area contributed by atoms with Crippen LogP contribution < -0.4 is 10.3 Å². The van der Waals surface area contributed by atoms with Crippen LogP contribution in [0.3, 0.4) is 0 Å². The summed E-state index contributed by atoms with van der Waals surface area (Å²) in [5.41, 5.74) is 3.99. The van der Waals surface area contributed by atoms with Crippen molar-refractivity contribution in [3.63, 3.8) is 0 Å². The highest BCUT2D eigenvalue weighted by Crippen LogP contribution is 2.15. The molecule has 0 unspecified atom stereocenters. The number of benzene rings is 1. The fourth-order valence-electron chi connectivity index (χ4n) is 2.07. The second kappa shape index (κ2) is 8.53. The summed E-state index contributed by atoms with van der Waals surface area (Å²) in [4.78, 5) is 24.9. The van der Waals surface area contributed by atoms with Gasteiger partial charge in [0.1, 0.15) is 11.9 Å². The highest BCUT2D eigenvalue weighted by atomic mass is 16.6. The number of hydrogen-bond donors (Lipinski definition) is 1. The Balaban J connectivity index is 2.66. The van der Waals surface area contributed by atoms with Gasteiger partial charge in [-0.25, -0.2) is 15.2 Å². The number of carbonyl (C=O) groups excluding carboxylic acids is 2. The van der Waals surface area contributed by atoms with E-state index in [2.05, 4.69) is 10.3 Å². The molecule has 0 fully saturated rings. The Morgan fingerprint density at radius 1 is 1.22 bits per heavy atom. The van der Waals surface area contributed by atoms with E-state index >= 15 is 0 Å². The first-order valence-electron chi connectivity index (χ1n) is 7.78. The van der Waals surface area contributed by atoms with Crippen LogP contribution in [0, 0.1) is 0 Å². The number of anilines is 1. The van der Waals surface area contributed by atoms with Crippen LogP contribution in [0.2, 0.25) is 0 Å². The van der Waals surface area contributed by atoms with Gasteiger partial charge in [0.2, 0.25) is 0 Å². The van der Waals surface area contributed by atoms with E-state index in [0.717, 1.165) is 18.5 Å². The van der Waals surface area contributed by atoms with Crippen molar-refractivity contribution in [1.82, 2.24) is 10.4 Å². The monoisotopic (exact) mass is 321 g/mol. The molecule has 0 atom stereocenters. The molecule has 0 spiro atoms. The largest absolute Gasteiger partial charge is 0.443 e. The minimum absolute atomic E-state index is 0.396. The van der Waals surface area contributed by atoms with Gasteiger partial charge in [-0.2, -0.15) is 0 Å². The first-order valence-corrected chi connectivity index (χ1v) is 7.78. The van der Waals surface area contributed by atoms with Gasteiger partial charge in [-0.3, -0.25) is 4.79 Å². The van der Waals surface area contributed by atoms with Crippen LogP contribution in [0.15, 0.2) is 24.3 Å². The molecule has 6 nitrogen and oxygen atoms in total. The summed E-state index contributed by atoms with van der Waals surface area (Å²) in [6.07, 6.45) is 0.429. The molecule has 0 heterocycles. The number of rotatable bonds is 7. The molecule has 0 aliphatic rings. The fraction of sp³-hybridized carbons (Fsp3) is 0.529. The first kappa shape index (κ1) is 19.0. The van der Waals surface area contributed by atoms with E-state index in [9.17, 15) is 9.59 Å². The lowest BCUT2D eigenvalue weighted by Crippen LogP contribution is -2.47. The molecule has 128 valence electrons. The van der Waals surface area contributed by atoms with Gasteiger partial charge in [0.05, 0.1) is 6.54 Å². The van der Waals surface area contributed by atoms with Crippen LogP contribution in [-0.2, 0) is 4.74 Å². The van der Waals surface area contributed by atoms with Gasteiger partial charge >= 0.3 is 6.09 Å². The van der Waals surface area contributed by atoms with Gasteiger partial charge in [-0.15, -0.1) is 0 Å². The van der Waals surface area contributed by atoms with Crippen molar-refractivity contribution in [2.75, 3.05) is 31.6 Å². The number of aldehydes is 1. The van der Waals surface area contributed by atoms with Gasteiger partial charge in [0, 0.05) is 31.4 Å². The Bertz CT molecular complexity index is 509. The number of likely N-dealkylation sites (N-methyl/N-ethyl adjacent to an activating group) is 1. The first-order chi connectivity index (χ1) is 10.8. The molecule has 1 N–H and O–H groups in total. The fourth-order valence-corrected chi connectivity index (χ4v) is 2.07. The Kier molecular flexibility index (Phi) is 7.03. The van der Waals surface area contributed by atoms with Gasteiger partial charge in [-0.1, -0.05) is 0 Å². The van der Waals surface area contributed by atoms with Crippen LogP contribution in [0.25, 0.3) is 0 Å². The average Bonchev–Trinajstić information content (AvgIpc) is 2.50. The normalized spacial score (nSPS) is 11.0. The second-order valence-corrected chi connectivity index (χ2v) is 6.14. The van der Waals surface area contributed by atoms with Gasteiger partial charge in [0.15, 0.2) is 0 Å². The van der Waals surface area contributed by atoms with E-state index in [1.165, 1.54) is 5.01 Å². The highest BCUT2D eigenvalue weighted by Gasteiger charge is 2.21. The van der Waals surface area contributed by atoms with Gasteiger partial charge in [-0.05, 0) is 52.0 Å². The minimum Gasteiger partial charge on any atom is -0.443 e. The summed E-state index contributed by atoms with van der Waals surface area (Å²) in [6.45, 7) is 9.49. The molecule has 0 aliphatic carbocycles. The van der Waals surface area contributed by atoms with Crippen molar-refractivity contribution in [2.45, 2.75) is 33.3 Å². The maximum absolute atomic E-state index is 12.1. The van der Waals surface area contributed by atoms with Crippen molar-refractivity contribution in [1.29, 1.82) is 0 Å². The van der Waals surface area contributed by atoms with Crippen LogP contribution in [0.1, 0.15) is 38.1 Å². The van der Waals surface area contributed by atoms with E-state index in [1.807, 2.05) is 39.8 Å². The van der Waals surface area contributed by atoms with Crippen molar-refractivity contribution in [3.8, 4) is 0 Å². The molecular weight excluding hydrogens is 294 g/mol. The zero-order valence-electron chi connectivity index (χ0n) is 14.6. The Morgan fingerprint density at radius 2 is 1.83 bits per heavy atom. The van der Waals surface area contributed by atoms with Crippen molar-refractivity contribution in [3.05, 3.63) is 29.8 Å². The molecule has 23 heavy (non-hydrogen) atoms. The smallest absolute Gasteiger partial charge is 0.424 e. The maximum Gasteiger partial charge on any atom is 0.424 e. The van der Waals surface area contributed by atoms with Crippen LogP contribution in [-0.4, -0.2) is 49.7 Å². The molecule has 0 saturated carbocycles. The predicted molar refractivity (Wildman–Crippen MR) is 91.7 cm³/mol. The van der Waals surface area contributed by atoms with Crippen LogP contribution >= 0.6 is 0 Å². The van der Waals surface area contributed by atoms with E-state index < -0.39 is 11.7 Å². The predicted octanol–water partition coefficient (Wildman–Crippen LogP) is 2.70.